The highest BCUT2D eigenvalue weighted by Crippen LogP contribution is 2.38. The number of benzene rings is 3. The molecule has 0 atom stereocenters. The van der Waals surface area contributed by atoms with Crippen LogP contribution in [0.4, 0.5) is 0 Å². The first-order chi connectivity index (χ1) is 18.5. The Labute approximate surface area is 233 Å². The van der Waals surface area contributed by atoms with Crippen molar-refractivity contribution in [3.05, 3.63) is 76.9 Å². The molecule has 0 spiro atoms. The molecule has 1 fully saturated rings. The molecule has 0 heterocycles. The first-order valence-electron chi connectivity index (χ1n) is 15.5. The third-order valence-electron chi connectivity index (χ3n) is 9.15. The predicted octanol–water partition coefficient (Wildman–Crippen LogP) is 10.8. The van der Waals surface area contributed by atoms with E-state index in [4.69, 9.17) is 4.74 Å². The Balaban J connectivity index is 1.60. The molecule has 0 aliphatic heterocycles. The van der Waals surface area contributed by atoms with Crippen molar-refractivity contribution in [3.63, 3.8) is 0 Å². The molecule has 38 heavy (non-hydrogen) atoms. The van der Waals surface area contributed by atoms with E-state index in [0.717, 1.165) is 43.5 Å². The lowest BCUT2D eigenvalue weighted by Crippen LogP contribution is -2.12. The third kappa shape index (κ3) is 6.53. The summed E-state index contributed by atoms with van der Waals surface area (Å²) >= 11 is 0. The Hall–Kier alpha value is -2.54. The van der Waals surface area contributed by atoms with E-state index in [9.17, 15) is 0 Å². The van der Waals surface area contributed by atoms with Gasteiger partial charge in [0.2, 0.25) is 0 Å². The van der Waals surface area contributed by atoms with Gasteiger partial charge in [0.25, 0.3) is 0 Å². The lowest BCUT2D eigenvalue weighted by molar-refractivity contribution is 0.237. The van der Waals surface area contributed by atoms with E-state index in [1.165, 1.54) is 83.0 Å². The normalized spacial score (nSPS) is 17.7. The highest BCUT2D eigenvalue weighted by molar-refractivity contribution is 5.75. The zero-order chi connectivity index (χ0) is 27.1. The summed E-state index contributed by atoms with van der Waals surface area (Å²) in [4.78, 5) is 0. The second kappa shape index (κ2) is 13.5. The number of rotatable bonds is 11. The highest BCUT2D eigenvalue weighted by atomic mass is 16.5. The zero-order valence-corrected chi connectivity index (χ0v) is 24.9. The molecule has 0 aromatic heterocycles. The fraction of sp³-hybridized carbons (Fsp3) is 0.514. The monoisotopic (exact) mass is 510 g/mol. The standard InChI is InChI=1S/C37H50O/c1-7-27(8-2)25-38-37-29(10-4)23-35(24-30(37)11-5)36-21-20-34(22-28(36)9-3)33-18-16-32(17-19-33)31-14-12-26(6)13-15-31/h16-24,26-27,31H,7-15,25H2,1-6H3. The lowest BCUT2D eigenvalue weighted by Gasteiger charge is -2.26. The molecular formula is C37H50O. The fourth-order valence-corrected chi connectivity index (χ4v) is 6.23. The summed E-state index contributed by atoms with van der Waals surface area (Å²) in [5, 5.41) is 0. The van der Waals surface area contributed by atoms with Gasteiger partial charge in [0.15, 0.2) is 0 Å². The van der Waals surface area contributed by atoms with Crippen LogP contribution in [0.25, 0.3) is 22.3 Å². The third-order valence-corrected chi connectivity index (χ3v) is 9.15. The Kier molecular flexibility index (Phi) is 10.1. The van der Waals surface area contributed by atoms with E-state index in [1.54, 1.807) is 0 Å². The van der Waals surface area contributed by atoms with Gasteiger partial charge in [-0.05, 0) is 106 Å². The molecule has 0 radical (unpaired) electrons. The molecule has 1 saturated carbocycles. The van der Waals surface area contributed by atoms with Crippen molar-refractivity contribution in [1.82, 2.24) is 0 Å². The summed E-state index contributed by atoms with van der Waals surface area (Å²) < 4.78 is 6.48. The van der Waals surface area contributed by atoms with Crippen LogP contribution >= 0.6 is 0 Å². The summed E-state index contributed by atoms with van der Waals surface area (Å²) in [6.07, 6.45) is 10.8. The van der Waals surface area contributed by atoms with Gasteiger partial charge in [0.1, 0.15) is 5.75 Å². The molecule has 4 rings (SSSR count). The van der Waals surface area contributed by atoms with Crippen molar-refractivity contribution >= 4 is 0 Å². The van der Waals surface area contributed by atoms with E-state index >= 15 is 0 Å². The van der Waals surface area contributed by atoms with Crippen LogP contribution in [0.1, 0.15) is 108 Å². The van der Waals surface area contributed by atoms with Crippen LogP contribution in [0.3, 0.4) is 0 Å². The molecule has 0 unspecified atom stereocenters. The summed E-state index contributed by atoms with van der Waals surface area (Å²) in [5.41, 5.74) is 11.0. The average molecular weight is 511 g/mol. The molecule has 1 aliphatic rings. The number of ether oxygens (including phenoxy) is 1. The van der Waals surface area contributed by atoms with Crippen molar-refractivity contribution in [2.75, 3.05) is 6.61 Å². The maximum atomic E-state index is 6.48. The first-order valence-corrected chi connectivity index (χ1v) is 15.5. The molecule has 1 heteroatoms. The summed E-state index contributed by atoms with van der Waals surface area (Å²) in [6, 6.07) is 21.3. The average Bonchev–Trinajstić information content (AvgIpc) is 2.97. The predicted molar refractivity (Wildman–Crippen MR) is 165 cm³/mol. The van der Waals surface area contributed by atoms with E-state index in [-0.39, 0.29) is 0 Å². The lowest BCUT2D eigenvalue weighted by atomic mass is 9.79. The summed E-state index contributed by atoms with van der Waals surface area (Å²) in [7, 11) is 0. The quantitative estimate of drug-likeness (QED) is 0.249. The van der Waals surface area contributed by atoms with Gasteiger partial charge in [0, 0.05) is 0 Å². The van der Waals surface area contributed by atoms with Gasteiger partial charge in [-0.3, -0.25) is 0 Å². The molecule has 1 nitrogen and oxygen atoms in total. The topological polar surface area (TPSA) is 9.23 Å². The molecule has 0 saturated heterocycles. The SMILES string of the molecule is CCc1cc(-c2ccc(C3CCC(C)CC3)cc2)ccc1-c1cc(CC)c(OCC(CC)CC)c(CC)c1. The molecule has 204 valence electrons. The molecule has 0 N–H and O–H groups in total. The Bertz CT molecular complexity index is 1130. The number of aryl methyl sites for hydroxylation is 3. The largest absolute Gasteiger partial charge is 0.493 e. The van der Waals surface area contributed by atoms with Gasteiger partial charge in [-0.15, -0.1) is 0 Å². The fourth-order valence-electron chi connectivity index (χ4n) is 6.23. The Morgan fingerprint density at radius 1 is 0.658 bits per heavy atom. The van der Waals surface area contributed by atoms with Crippen molar-refractivity contribution in [2.24, 2.45) is 11.8 Å². The van der Waals surface area contributed by atoms with Crippen LogP contribution in [-0.2, 0) is 19.3 Å². The number of hydrogen-bond acceptors (Lipinski definition) is 1. The van der Waals surface area contributed by atoms with Gasteiger partial charge in [-0.1, -0.05) is 110 Å². The van der Waals surface area contributed by atoms with Crippen LogP contribution < -0.4 is 4.74 Å². The molecule has 3 aromatic carbocycles. The van der Waals surface area contributed by atoms with Crippen molar-refractivity contribution in [3.8, 4) is 28.0 Å². The van der Waals surface area contributed by atoms with Crippen LogP contribution in [-0.4, -0.2) is 6.61 Å². The molecule has 3 aromatic rings. The van der Waals surface area contributed by atoms with E-state index in [1.807, 2.05) is 0 Å². The van der Waals surface area contributed by atoms with Gasteiger partial charge in [0.05, 0.1) is 6.61 Å². The van der Waals surface area contributed by atoms with Gasteiger partial charge >= 0.3 is 0 Å². The minimum atomic E-state index is 0.628. The summed E-state index contributed by atoms with van der Waals surface area (Å²) in [6.45, 7) is 14.5. The Morgan fingerprint density at radius 2 is 1.21 bits per heavy atom. The van der Waals surface area contributed by atoms with Crippen LogP contribution in [0.15, 0.2) is 54.6 Å². The van der Waals surface area contributed by atoms with Crippen LogP contribution in [0, 0.1) is 11.8 Å². The van der Waals surface area contributed by atoms with E-state index < -0.39 is 0 Å². The van der Waals surface area contributed by atoms with E-state index in [2.05, 4.69) is 96.1 Å². The second-order valence-corrected chi connectivity index (χ2v) is 11.6. The smallest absolute Gasteiger partial charge is 0.125 e. The van der Waals surface area contributed by atoms with Gasteiger partial charge < -0.3 is 4.74 Å². The van der Waals surface area contributed by atoms with Crippen molar-refractivity contribution in [1.29, 1.82) is 0 Å². The molecule has 0 bridgehead atoms. The molecular weight excluding hydrogens is 460 g/mol. The Morgan fingerprint density at radius 3 is 1.76 bits per heavy atom. The minimum Gasteiger partial charge on any atom is -0.493 e. The second-order valence-electron chi connectivity index (χ2n) is 11.6. The van der Waals surface area contributed by atoms with Gasteiger partial charge in [-0.2, -0.15) is 0 Å². The minimum absolute atomic E-state index is 0.628. The van der Waals surface area contributed by atoms with E-state index in [0.29, 0.717) is 5.92 Å². The number of hydrogen-bond donors (Lipinski definition) is 0. The van der Waals surface area contributed by atoms with Crippen LogP contribution in [0.2, 0.25) is 0 Å². The van der Waals surface area contributed by atoms with Crippen molar-refractivity contribution in [2.45, 2.75) is 105 Å². The van der Waals surface area contributed by atoms with Gasteiger partial charge in [-0.25, -0.2) is 0 Å². The van der Waals surface area contributed by atoms with Crippen LogP contribution in [0.5, 0.6) is 5.75 Å². The molecule has 0 amide bonds. The first kappa shape index (κ1) is 28.5. The highest BCUT2D eigenvalue weighted by Gasteiger charge is 2.20. The molecule has 1 aliphatic carbocycles. The zero-order valence-electron chi connectivity index (χ0n) is 24.9. The van der Waals surface area contributed by atoms with Crippen molar-refractivity contribution < 1.29 is 4.74 Å². The summed E-state index contributed by atoms with van der Waals surface area (Å²) in [5.74, 6) is 3.41. The maximum Gasteiger partial charge on any atom is 0.125 e. The maximum absolute atomic E-state index is 6.48.